The Balaban J connectivity index is 1.70. The second-order valence-corrected chi connectivity index (χ2v) is 9.29. The van der Waals surface area contributed by atoms with Crippen molar-refractivity contribution < 1.29 is 4.74 Å². The van der Waals surface area contributed by atoms with Gasteiger partial charge in [0, 0.05) is 46.8 Å². The zero-order chi connectivity index (χ0) is 22.0. The number of methoxy groups -OCH3 is 1. The van der Waals surface area contributed by atoms with Crippen LogP contribution in [0.25, 0.3) is 0 Å². The zero-order valence-electron chi connectivity index (χ0n) is 17.0. The van der Waals surface area contributed by atoms with Gasteiger partial charge in [0.15, 0.2) is 0 Å². The van der Waals surface area contributed by atoms with Crippen LogP contribution >= 0.6 is 46.4 Å². The van der Waals surface area contributed by atoms with Gasteiger partial charge in [0.25, 0.3) is 0 Å². The maximum absolute atomic E-state index is 6.49. The SMILES string of the molecule is COc1c(Cl)cc(Cl)cc1C1N(Cc2ccc(Cl)cc2)CCN1Cc1ccc(Cl)cc1. The quantitative estimate of drug-likeness (QED) is 0.356. The first-order valence-electron chi connectivity index (χ1n) is 9.94. The summed E-state index contributed by atoms with van der Waals surface area (Å²) in [6, 6.07) is 19.6. The monoisotopic (exact) mass is 494 g/mol. The van der Waals surface area contributed by atoms with Gasteiger partial charge in [0.2, 0.25) is 0 Å². The third-order valence-electron chi connectivity index (χ3n) is 5.48. The summed E-state index contributed by atoms with van der Waals surface area (Å²) >= 11 is 25.0. The molecule has 0 amide bonds. The topological polar surface area (TPSA) is 15.7 Å². The minimum atomic E-state index is -0.0440. The highest BCUT2D eigenvalue weighted by atomic mass is 35.5. The van der Waals surface area contributed by atoms with Crippen molar-refractivity contribution in [2.24, 2.45) is 0 Å². The van der Waals surface area contributed by atoms with Crippen molar-refractivity contribution in [2.75, 3.05) is 20.2 Å². The van der Waals surface area contributed by atoms with E-state index in [-0.39, 0.29) is 6.17 Å². The Morgan fingerprint density at radius 1 is 0.742 bits per heavy atom. The molecule has 1 fully saturated rings. The fourth-order valence-corrected chi connectivity index (χ4v) is 4.93. The van der Waals surface area contributed by atoms with Crippen molar-refractivity contribution in [3.05, 3.63) is 97.4 Å². The van der Waals surface area contributed by atoms with Gasteiger partial charge in [-0.3, -0.25) is 9.80 Å². The van der Waals surface area contributed by atoms with Gasteiger partial charge >= 0.3 is 0 Å². The smallest absolute Gasteiger partial charge is 0.143 e. The molecule has 0 aliphatic carbocycles. The molecule has 4 rings (SSSR count). The van der Waals surface area contributed by atoms with E-state index in [0.29, 0.717) is 15.8 Å². The van der Waals surface area contributed by atoms with Gasteiger partial charge in [-0.25, -0.2) is 0 Å². The number of ether oxygens (including phenoxy) is 1. The second-order valence-electron chi connectivity index (χ2n) is 7.58. The summed E-state index contributed by atoms with van der Waals surface area (Å²) in [6.07, 6.45) is -0.0440. The van der Waals surface area contributed by atoms with Crippen LogP contribution in [0.2, 0.25) is 20.1 Å². The summed E-state index contributed by atoms with van der Waals surface area (Å²) in [5, 5.41) is 2.56. The van der Waals surface area contributed by atoms with E-state index in [1.165, 1.54) is 11.1 Å². The molecule has 0 radical (unpaired) electrons. The molecule has 1 aliphatic heterocycles. The Hall–Kier alpha value is -1.46. The summed E-state index contributed by atoms with van der Waals surface area (Å²) in [4.78, 5) is 4.81. The normalized spacial score (nSPS) is 15.5. The fraction of sp³-hybridized carbons (Fsp3) is 0.250. The lowest BCUT2D eigenvalue weighted by atomic mass is 10.1. The number of benzene rings is 3. The molecule has 3 nitrogen and oxygen atoms in total. The van der Waals surface area contributed by atoms with Gasteiger partial charge in [0.1, 0.15) is 5.75 Å². The number of hydrogen-bond acceptors (Lipinski definition) is 3. The van der Waals surface area contributed by atoms with E-state index in [0.717, 1.165) is 41.8 Å². The number of halogens is 4. The molecule has 0 spiro atoms. The van der Waals surface area contributed by atoms with Crippen LogP contribution in [-0.2, 0) is 13.1 Å². The Kier molecular flexibility index (Phi) is 7.33. The lowest BCUT2D eigenvalue weighted by molar-refractivity contribution is 0.123. The number of hydrogen-bond donors (Lipinski definition) is 0. The van der Waals surface area contributed by atoms with Gasteiger partial charge in [-0.05, 0) is 47.5 Å². The number of nitrogens with zero attached hydrogens (tertiary/aromatic N) is 2. The molecule has 0 aromatic heterocycles. The molecule has 1 saturated heterocycles. The summed E-state index contributed by atoms with van der Waals surface area (Å²) in [7, 11) is 1.64. The standard InChI is InChI=1S/C24H22Cl4N2O/c1-31-23-21(12-20(27)13-22(23)28)24-29(14-16-2-6-18(25)7-3-16)10-11-30(24)15-17-4-8-19(26)9-5-17/h2-9,12-13,24H,10-11,14-15H2,1H3. The molecule has 0 atom stereocenters. The molecular formula is C24H22Cl4N2O. The van der Waals surface area contributed by atoms with Crippen molar-refractivity contribution >= 4 is 46.4 Å². The molecule has 3 aromatic rings. The summed E-state index contributed by atoms with van der Waals surface area (Å²) in [6.45, 7) is 3.33. The van der Waals surface area contributed by atoms with Crippen molar-refractivity contribution in [1.82, 2.24) is 9.80 Å². The van der Waals surface area contributed by atoms with E-state index in [1.807, 2.05) is 30.3 Å². The lowest BCUT2D eigenvalue weighted by Crippen LogP contribution is -2.31. The van der Waals surface area contributed by atoms with E-state index >= 15 is 0 Å². The predicted molar refractivity (Wildman–Crippen MR) is 129 cm³/mol. The highest BCUT2D eigenvalue weighted by Gasteiger charge is 2.35. The van der Waals surface area contributed by atoms with E-state index in [1.54, 1.807) is 13.2 Å². The van der Waals surface area contributed by atoms with Gasteiger partial charge < -0.3 is 4.74 Å². The van der Waals surface area contributed by atoms with Crippen LogP contribution in [0.5, 0.6) is 5.75 Å². The van der Waals surface area contributed by atoms with E-state index in [2.05, 4.69) is 34.1 Å². The highest BCUT2D eigenvalue weighted by molar-refractivity contribution is 6.35. The third-order valence-corrected chi connectivity index (χ3v) is 6.49. The molecule has 3 aromatic carbocycles. The lowest BCUT2D eigenvalue weighted by Gasteiger charge is -2.32. The van der Waals surface area contributed by atoms with Crippen molar-refractivity contribution in [2.45, 2.75) is 19.3 Å². The summed E-state index contributed by atoms with van der Waals surface area (Å²) in [5.41, 5.74) is 3.34. The molecule has 162 valence electrons. The van der Waals surface area contributed by atoms with Gasteiger partial charge in [0.05, 0.1) is 18.3 Å². The van der Waals surface area contributed by atoms with Crippen LogP contribution in [0.1, 0.15) is 22.9 Å². The van der Waals surface area contributed by atoms with E-state index in [9.17, 15) is 0 Å². The average Bonchev–Trinajstić information content (AvgIpc) is 3.12. The largest absolute Gasteiger partial charge is 0.495 e. The highest BCUT2D eigenvalue weighted by Crippen LogP contribution is 2.42. The van der Waals surface area contributed by atoms with Crippen LogP contribution < -0.4 is 4.74 Å². The number of rotatable bonds is 6. The van der Waals surface area contributed by atoms with Crippen LogP contribution in [0.4, 0.5) is 0 Å². The van der Waals surface area contributed by atoms with Crippen molar-refractivity contribution in [3.8, 4) is 5.75 Å². The Morgan fingerprint density at radius 3 is 1.68 bits per heavy atom. The molecule has 0 saturated carbocycles. The third kappa shape index (κ3) is 5.31. The van der Waals surface area contributed by atoms with Crippen LogP contribution in [0.3, 0.4) is 0 Å². The molecular weight excluding hydrogens is 474 g/mol. The minimum Gasteiger partial charge on any atom is -0.495 e. The summed E-state index contributed by atoms with van der Waals surface area (Å²) in [5.74, 6) is 0.653. The summed E-state index contributed by atoms with van der Waals surface area (Å²) < 4.78 is 5.69. The first-order chi connectivity index (χ1) is 14.9. The Labute approximate surface area is 203 Å². The van der Waals surface area contributed by atoms with E-state index in [4.69, 9.17) is 51.1 Å². The molecule has 1 heterocycles. The molecule has 0 bridgehead atoms. The molecule has 1 aliphatic rings. The van der Waals surface area contributed by atoms with Crippen molar-refractivity contribution in [3.63, 3.8) is 0 Å². The molecule has 31 heavy (non-hydrogen) atoms. The van der Waals surface area contributed by atoms with E-state index < -0.39 is 0 Å². The predicted octanol–water partition coefficient (Wildman–Crippen LogP) is 7.33. The van der Waals surface area contributed by atoms with Gasteiger partial charge in [-0.15, -0.1) is 0 Å². The maximum atomic E-state index is 6.49. The van der Waals surface area contributed by atoms with Crippen LogP contribution in [0.15, 0.2) is 60.7 Å². The Bertz CT molecular complexity index is 985. The van der Waals surface area contributed by atoms with Crippen LogP contribution in [-0.4, -0.2) is 30.0 Å². The molecule has 0 N–H and O–H groups in total. The maximum Gasteiger partial charge on any atom is 0.143 e. The first-order valence-corrected chi connectivity index (χ1v) is 11.5. The average molecular weight is 496 g/mol. The molecule has 7 heteroatoms. The van der Waals surface area contributed by atoms with Gasteiger partial charge in [-0.1, -0.05) is 70.7 Å². The zero-order valence-corrected chi connectivity index (χ0v) is 20.0. The fourth-order valence-electron chi connectivity index (χ4n) is 4.09. The second kappa shape index (κ2) is 9.99. The minimum absolute atomic E-state index is 0.0440. The van der Waals surface area contributed by atoms with Crippen molar-refractivity contribution in [1.29, 1.82) is 0 Å². The van der Waals surface area contributed by atoms with Crippen LogP contribution in [0, 0.1) is 0 Å². The first kappa shape index (κ1) is 22.7. The van der Waals surface area contributed by atoms with Gasteiger partial charge in [-0.2, -0.15) is 0 Å². The molecule has 0 unspecified atom stereocenters. The Morgan fingerprint density at radius 2 is 1.23 bits per heavy atom.